The second-order valence-electron chi connectivity index (χ2n) is 33.5. The summed E-state index contributed by atoms with van der Waals surface area (Å²) >= 11 is 0. The molecule has 8 aromatic heterocycles. The molecule has 8 aromatic rings. The number of likely N-dealkylation sites (tertiary alicyclic amines) is 8. The summed E-state index contributed by atoms with van der Waals surface area (Å²) < 4.78 is 12.1. The average Bonchev–Trinajstić information content (AvgIpc) is 1.69. The van der Waals surface area contributed by atoms with Gasteiger partial charge in [-0.2, -0.15) is 30.6 Å². The fourth-order valence-corrected chi connectivity index (χ4v) is 17.4. The summed E-state index contributed by atoms with van der Waals surface area (Å²) in [4.78, 5) is 49.8. The topological polar surface area (TPSA) is 283 Å². The second-order valence-corrected chi connectivity index (χ2v) is 33.5. The molecule has 29 heteroatoms. The highest BCUT2D eigenvalue weighted by Gasteiger charge is 2.29. The summed E-state index contributed by atoms with van der Waals surface area (Å²) in [5.41, 5.74) is 15.1. The number of aryl methyl sites for hydroxylation is 5. The summed E-state index contributed by atoms with van der Waals surface area (Å²) in [5.74, 6) is 6.95. The standard InChI is InChI=1S/C12H20N4O.C12H21N3.C11H17N3O2.2C11H19N3.C10H17N3.C9H16N4.C9H15N3/c1-13-11(17)9-16-8-5-14-12(16)10-3-6-15(2)7-4-10;1-3-8-15-12(4-7-13-15)11-5-9-14(2)10-6-11;1-13-5-2-9(3-6-13)11-12-4-7-14(11)8-10(15)16;1-9-8-12-14(3)11(9)10-4-6-13(2)7-5-10;1-3-14-11(4-7-12-14)10-5-8-13(2)9-6-10;1-12-7-4-9(5-8-12)10-3-6-11-13(10)2;1-13-4-2-7(3-5-13)8-6-9(10)12-11-8;1-12-6-3-8(4-7-12)9-2-5-10-11-9/h5,8,10H,3-4,6-7,9H2,1-2H3,(H,13,17);4,7,11H,3,5-6,8-10H2,1-2H3;4,7,9H,2-3,5-6,8H2,1H3,(H,15,16);8,10H,4-7H2,1-3H3;4,7,10H,3,5-6,8-9H2,1-2H3;3,6,9H,4-5,7-8H2,1-2H3;6-7H,2-5H2,1H3,(H3,10,11,12);2,5,8H,3-4,6-7H2,1H3,(H,10,11). The highest BCUT2D eigenvalue weighted by Crippen LogP contribution is 2.34. The summed E-state index contributed by atoms with van der Waals surface area (Å²) in [5, 5.41) is 42.7. The molecule has 114 heavy (non-hydrogen) atoms. The van der Waals surface area contributed by atoms with E-state index in [9.17, 15) is 9.59 Å². The molecule has 0 aliphatic carbocycles. The number of nitrogens with one attached hydrogen (secondary N) is 3. The van der Waals surface area contributed by atoms with Crippen molar-refractivity contribution in [2.24, 2.45) is 14.1 Å². The Labute approximate surface area is 681 Å². The van der Waals surface area contributed by atoms with Crippen molar-refractivity contribution in [1.29, 1.82) is 0 Å². The molecule has 0 saturated carbocycles. The van der Waals surface area contributed by atoms with Gasteiger partial charge in [0.15, 0.2) is 0 Å². The number of likely N-dealkylation sites (N-methyl/N-ethyl adjacent to an activating group) is 1. The fraction of sp³-hybridized carbons (Fsp3) is 0.694. The van der Waals surface area contributed by atoms with Crippen molar-refractivity contribution in [1.82, 2.24) is 123 Å². The number of nitrogens with zero attached hydrogens (tertiary/aromatic N) is 22. The molecule has 0 spiro atoms. The van der Waals surface area contributed by atoms with E-state index in [1.165, 1.54) is 202 Å². The maximum Gasteiger partial charge on any atom is 0.323 e. The minimum atomic E-state index is -0.813. The Morgan fingerprint density at radius 3 is 1.20 bits per heavy atom. The van der Waals surface area contributed by atoms with Crippen molar-refractivity contribution in [3.05, 3.63) is 137 Å². The van der Waals surface area contributed by atoms with E-state index in [4.69, 9.17) is 10.8 Å². The van der Waals surface area contributed by atoms with Crippen LogP contribution in [0, 0.1) is 6.92 Å². The van der Waals surface area contributed by atoms with E-state index in [2.05, 4.69) is 213 Å². The Balaban J connectivity index is 0.000000149. The zero-order chi connectivity index (χ0) is 81.5. The third-order valence-electron chi connectivity index (χ3n) is 24.8. The number of carbonyl (C=O) groups excluding carboxylic acids is 1. The van der Waals surface area contributed by atoms with E-state index >= 15 is 0 Å². The third kappa shape index (κ3) is 28.2. The molecule has 0 bridgehead atoms. The number of carboxylic acid groups (broad SMARTS) is 1. The minimum absolute atomic E-state index is 0.0155. The number of hydrogen-bond acceptors (Lipinski definition) is 19. The van der Waals surface area contributed by atoms with E-state index in [1.54, 1.807) is 30.2 Å². The van der Waals surface area contributed by atoms with E-state index in [0.29, 0.717) is 36.0 Å². The Bertz CT molecular complexity index is 3890. The molecule has 8 fully saturated rings. The van der Waals surface area contributed by atoms with Crippen LogP contribution in [0.3, 0.4) is 0 Å². The summed E-state index contributed by atoms with van der Waals surface area (Å²) in [6, 6.07) is 10.6. The van der Waals surface area contributed by atoms with E-state index < -0.39 is 5.97 Å². The zero-order valence-corrected chi connectivity index (χ0v) is 72.0. The molecule has 8 saturated heterocycles. The lowest BCUT2D eigenvalue weighted by molar-refractivity contribution is -0.137. The van der Waals surface area contributed by atoms with Gasteiger partial charge in [-0.05, 0) is 314 Å². The van der Waals surface area contributed by atoms with Crippen molar-refractivity contribution in [3.63, 3.8) is 0 Å². The molecular formula is C85H144N26O3. The lowest BCUT2D eigenvalue weighted by Gasteiger charge is -2.29. The molecule has 16 rings (SSSR count). The molecule has 6 N–H and O–H groups in total. The quantitative estimate of drug-likeness (QED) is 0.0638. The monoisotopic (exact) mass is 1580 g/mol. The SMILES string of the molecule is CCCn1nccc1C1CCN(C)CC1.CCn1nccc1C1CCN(C)CC1.CN1CCC(c2cc(N)n[nH]2)CC1.CN1CCC(c2ccn[nH]2)CC1.CN1CCC(c2ccnn2C)CC1.CN1CCC(c2nccn2CC(=O)O)CC1.CNC(=O)Cn1ccnc1C1CCN(C)CC1.Cc1cnn(C)c1C1CCN(C)CC1. The summed E-state index contributed by atoms with van der Waals surface area (Å²) in [7, 11) is 23.2. The van der Waals surface area contributed by atoms with Gasteiger partial charge in [0.1, 0.15) is 30.6 Å². The van der Waals surface area contributed by atoms with Gasteiger partial charge < -0.3 is 64.5 Å². The predicted molar refractivity (Wildman–Crippen MR) is 455 cm³/mol. The molecule has 8 aliphatic heterocycles. The molecule has 0 radical (unpaired) electrons. The number of carboxylic acids is 1. The fourth-order valence-electron chi connectivity index (χ4n) is 17.4. The number of hydrogen-bond donors (Lipinski definition) is 5. The van der Waals surface area contributed by atoms with Gasteiger partial charge >= 0.3 is 5.97 Å². The molecule has 16 heterocycles. The number of imidazole rings is 2. The van der Waals surface area contributed by atoms with Crippen LogP contribution in [0.4, 0.5) is 5.82 Å². The second kappa shape index (κ2) is 46.7. The van der Waals surface area contributed by atoms with Crippen LogP contribution in [0.1, 0.15) is 222 Å². The summed E-state index contributed by atoms with van der Waals surface area (Å²) in [6.45, 7) is 27.8. The average molecular weight is 1580 g/mol. The van der Waals surface area contributed by atoms with Crippen LogP contribution in [-0.2, 0) is 49.9 Å². The van der Waals surface area contributed by atoms with Crippen LogP contribution in [0.2, 0.25) is 0 Å². The number of rotatable bonds is 15. The number of H-pyrrole nitrogens is 2. The first-order valence-electron chi connectivity index (χ1n) is 42.8. The molecule has 0 atom stereocenters. The Morgan fingerprint density at radius 2 is 0.833 bits per heavy atom. The van der Waals surface area contributed by atoms with E-state index in [1.807, 2.05) is 64.2 Å². The number of amides is 1. The molecule has 8 aliphatic rings. The Hall–Kier alpha value is -7.90. The first-order chi connectivity index (χ1) is 55.1. The van der Waals surface area contributed by atoms with Gasteiger partial charge in [0, 0.05) is 171 Å². The lowest BCUT2D eigenvalue weighted by atomic mass is 9.92. The lowest BCUT2D eigenvalue weighted by Crippen LogP contribution is -2.31. The predicted octanol–water partition coefficient (Wildman–Crippen LogP) is 9.82. The van der Waals surface area contributed by atoms with E-state index in [0.717, 1.165) is 100 Å². The van der Waals surface area contributed by atoms with Crippen LogP contribution in [0.15, 0.2) is 86.1 Å². The maximum absolute atomic E-state index is 11.4. The van der Waals surface area contributed by atoms with Crippen molar-refractivity contribution < 1.29 is 14.7 Å². The smallest absolute Gasteiger partial charge is 0.323 e. The van der Waals surface area contributed by atoms with Crippen molar-refractivity contribution in [2.75, 3.05) is 174 Å². The Kier molecular flexibility index (Phi) is 36.9. The number of carbonyl (C=O) groups is 2. The van der Waals surface area contributed by atoms with E-state index in [-0.39, 0.29) is 12.5 Å². The van der Waals surface area contributed by atoms with Gasteiger partial charge in [-0.25, -0.2) is 9.97 Å². The molecule has 0 aromatic carbocycles. The highest BCUT2D eigenvalue weighted by atomic mass is 16.4. The normalized spacial score (nSPS) is 19.9. The number of aliphatic carboxylic acids is 1. The minimum Gasteiger partial charge on any atom is -0.480 e. The molecular weight excluding hydrogens is 1430 g/mol. The van der Waals surface area contributed by atoms with Crippen molar-refractivity contribution in [3.8, 4) is 0 Å². The van der Waals surface area contributed by atoms with Gasteiger partial charge in [-0.3, -0.25) is 38.5 Å². The van der Waals surface area contributed by atoms with Crippen LogP contribution in [-0.4, -0.2) is 303 Å². The molecule has 0 unspecified atom stereocenters. The number of aromatic nitrogens is 16. The highest BCUT2D eigenvalue weighted by molar-refractivity contribution is 5.75. The van der Waals surface area contributed by atoms with Gasteiger partial charge in [0.2, 0.25) is 5.91 Å². The van der Waals surface area contributed by atoms with Crippen LogP contribution >= 0.6 is 0 Å². The van der Waals surface area contributed by atoms with Crippen molar-refractivity contribution >= 4 is 17.7 Å². The Morgan fingerprint density at radius 1 is 0.447 bits per heavy atom. The number of anilines is 1. The zero-order valence-electron chi connectivity index (χ0n) is 72.0. The molecule has 29 nitrogen and oxygen atoms in total. The van der Waals surface area contributed by atoms with Gasteiger partial charge in [0.25, 0.3) is 0 Å². The van der Waals surface area contributed by atoms with Gasteiger partial charge in [-0.15, -0.1) is 0 Å². The maximum atomic E-state index is 11.4. The first kappa shape index (κ1) is 90.0. The van der Waals surface area contributed by atoms with Gasteiger partial charge in [0.05, 0.1) is 6.20 Å². The van der Waals surface area contributed by atoms with Crippen LogP contribution < -0.4 is 11.1 Å². The molecule has 632 valence electrons. The number of nitrogens with two attached hydrogens (primary N) is 1. The largest absolute Gasteiger partial charge is 0.480 e. The first-order valence-corrected chi connectivity index (χ1v) is 42.8. The number of piperidine rings is 8. The van der Waals surface area contributed by atoms with Crippen LogP contribution in [0.25, 0.3) is 0 Å². The van der Waals surface area contributed by atoms with Crippen LogP contribution in [0.5, 0.6) is 0 Å². The third-order valence-corrected chi connectivity index (χ3v) is 24.8. The number of nitrogen functional groups attached to an aromatic ring is 1. The molecule has 1 amide bonds. The van der Waals surface area contributed by atoms with Gasteiger partial charge in [-0.1, -0.05) is 6.92 Å². The number of aromatic amines is 2. The van der Waals surface area contributed by atoms with Crippen molar-refractivity contribution in [2.45, 2.75) is 203 Å². The summed E-state index contributed by atoms with van der Waals surface area (Å²) in [6.07, 6.45) is 37.4.